The molecule has 3 heterocycles. The number of hydrogen-bond acceptors (Lipinski definition) is 5. The molecule has 6 heteroatoms. The van der Waals surface area contributed by atoms with Crippen LogP contribution in [0.2, 0.25) is 0 Å². The predicted octanol–water partition coefficient (Wildman–Crippen LogP) is 3.72. The third kappa shape index (κ3) is 3.93. The average molecular weight is 426 g/mol. The van der Waals surface area contributed by atoms with Gasteiger partial charge in [0.15, 0.2) is 0 Å². The van der Waals surface area contributed by atoms with E-state index in [0.29, 0.717) is 31.5 Å². The topological polar surface area (TPSA) is 45.7 Å². The molecule has 2 aliphatic heterocycles. The van der Waals surface area contributed by atoms with Crippen LogP contribution >= 0.6 is 11.3 Å². The lowest BCUT2D eigenvalue weighted by Crippen LogP contribution is -2.42. The summed E-state index contributed by atoms with van der Waals surface area (Å²) < 4.78 is 5.42. The molecule has 1 aromatic carbocycles. The molecule has 2 saturated heterocycles. The lowest BCUT2D eigenvalue weighted by atomic mass is 9.73. The molecule has 0 radical (unpaired) electrons. The van der Waals surface area contributed by atoms with Gasteiger partial charge < -0.3 is 9.64 Å². The van der Waals surface area contributed by atoms with Crippen LogP contribution in [0, 0.1) is 6.92 Å². The Morgan fingerprint density at radius 2 is 1.97 bits per heavy atom. The third-order valence-corrected chi connectivity index (χ3v) is 8.08. The van der Waals surface area contributed by atoms with Crippen LogP contribution in [0.15, 0.2) is 29.6 Å². The zero-order valence-electron chi connectivity index (χ0n) is 17.8. The summed E-state index contributed by atoms with van der Waals surface area (Å²) >= 11 is 1.74. The average Bonchev–Trinajstić information content (AvgIpc) is 3.32. The van der Waals surface area contributed by atoms with Crippen molar-refractivity contribution in [2.75, 3.05) is 39.4 Å². The Morgan fingerprint density at radius 3 is 2.70 bits per heavy atom. The van der Waals surface area contributed by atoms with Crippen molar-refractivity contribution in [3.63, 3.8) is 0 Å². The number of thiazole rings is 1. The molecule has 0 unspecified atom stereocenters. The molecule has 1 aliphatic carbocycles. The summed E-state index contributed by atoms with van der Waals surface area (Å²) in [5, 5.41) is 3.34. The monoisotopic (exact) mass is 425 g/mol. The van der Waals surface area contributed by atoms with E-state index in [4.69, 9.17) is 4.74 Å². The third-order valence-electron chi connectivity index (χ3n) is 7.26. The van der Waals surface area contributed by atoms with Crippen molar-refractivity contribution in [2.24, 2.45) is 0 Å². The molecular weight excluding hydrogens is 394 g/mol. The molecule has 30 heavy (non-hydrogen) atoms. The number of carbonyl (C=O) groups excluding carboxylic acids is 1. The molecule has 2 fully saturated rings. The molecule has 0 N–H and O–H groups in total. The quantitative estimate of drug-likeness (QED) is 0.749. The van der Waals surface area contributed by atoms with Crippen LogP contribution < -0.4 is 0 Å². The number of amides is 1. The number of carbonyl (C=O) groups is 1. The lowest BCUT2D eigenvalue weighted by Gasteiger charge is -2.40. The minimum absolute atomic E-state index is 0.237. The van der Waals surface area contributed by atoms with Gasteiger partial charge in [-0.3, -0.25) is 9.69 Å². The molecule has 1 amide bonds. The number of aryl methyl sites for hydroxylation is 1. The van der Waals surface area contributed by atoms with Crippen molar-refractivity contribution in [1.29, 1.82) is 0 Å². The van der Waals surface area contributed by atoms with Crippen molar-refractivity contribution in [1.82, 2.24) is 14.8 Å². The fraction of sp³-hybridized carbons (Fsp3) is 0.583. The fourth-order valence-electron chi connectivity index (χ4n) is 5.68. The van der Waals surface area contributed by atoms with E-state index >= 15 is 0 Å². The Hall–Kier alpha value is -1.76. The van der Waals surface area contributed by atoms with E-state index < -0.39 is 0 Å². The minimum Gasteiger partial charge on any atom is -0.378 e. The van der Waals surface area contributed by atoms with E-state index in [1.165, 1.54) is 29.7 Å². The first-order valence-corrected chi connectivity index (χ1v) is 12.1. The highest BCUT2D eigenvalue weighted by molar-refractivity contribution is 7.09. The number of aromatic nitrogens is 1. The van der Waals surface area contributed by atoms with Crippen LogP contribution in [0.25, 0.3) is 0 Å². The molecule has 1 aromatic heterocycles. The first kappa shape index (κ1) is 20.2. The molecule has 5 rings (SSSR count). The normalized spacial score (nSPS) is 23.6. The van der Waals surface area contributed by atoms with Crippen LogP contribution in [-0.4, -0.2) is 60.1 Å². The highest BCUT2D eigenvalue weighted by atomic mass is 32.1. The minimum atomic E-state index is 0.237. The maximum Gasteiger partial charge on any atom is 0.223 e. The van der Waals surface area contributed by atoms with Gasteiger partial charge in [0, 0.05) is 31.4 Å². The van der Waals surface area contributed by atoms with Crippen LogP contribution in [0.5, 0.6) is 0 Å². The number of fused-ring (bicyclic) bond motifs is 2. The van der Waals surface area contributed by atoms with Crippen molar-refractivity contribution in [3.8, 4) is 0 Å². The number of likely N-dealkylation sites (tertiary alicyclic amines) is 1. The highest BCUT2D eigenvalue weighted by Crippen LogP contribution is 2.52. The van der Waals surface area contributed by atoms with Crippen molar-refractivity contribution < 1.29 is 9.53 Å². The van der Waals surface area contributed by atoms with Crippen molar-refractivity contribution in [3.05, 3.63) is 51.5 Å². The number of piperidine rings is 1. The summed E-state index contributed by atoms with van der Waals surface area (Å²) in [7, 11) is 0. The lowest BCUT2D eigenvalue weighted by molar-refractivity contribution is -0.135. The number of hydrogen-bond donors (Lipinski definition) is 0. The first-order chi connectivity index (χ1) is 14.6. The second-order valence-corrected chi connectivity index (χ2v) is 10.2. The summed E-state index contributed by atoms with van der Waals surface area (Å²) in [5.74, 6) is 0.649. The van der Waals surface area contributed by atoms with Gasteiger partial charge in [0.05, 0.1) is 23.9 Å². The second kappa shape index (κ2) is 8.40. The summed E-state index contributed by atoms with van der Waals surface area (Å²) in [4.78, 5) is 22.1. The highest BCUT2D eigenvalue weighted by Gasteiger charge is 2.45. The van der Waals surface area contributed by atoms with Crippen LogP contribution in [0.4, 0.5) is 0 Å². The molecule has 0 saturated carbocycles. The first-order valence-electron chi connectivity index (χ1n) is 11.2. The van der Waals surface area contributed by atoms with Crippen LogP contribution in [0.1, 0.15) is 53.4 Å². The number of morpholine rings is 1. The Bertz CT molecular complexity index is 897. The van der Waals surface area contributed by atoms with Crippen LogP contribution in [-0.2, 0) is 21.5 Å². The van der Waals surface area contributed by atoms with E-state index in [2.05, 4.69) is 46.5 Å². The summed E-state index contributed by atoms with van der Waals surface area (Å²) in [5.41, 5.74) is 4.37. The fourth-order valence-corrected chi connectivity index (χ4v) is 6.29. The zero-order chi connectivity index (χ0) is 20.6. The van der Waals surface area contributed by atoms with Gasteiger partial charge in [0.2, 0.25) is 5.91 Å². The van der Waals surface area contributed by atoms with Gasteiger partial charge in [-0.25, -0.2) is 4.98 Å². The molecule has 1 spiro atoms. The van der Waals surface area contributed by atoms with Gasteiger partial charge in [-0.2, -0.15) is 0 Å². The van der Waals surface area contributed by atoms with E-state index in [1.54, 1.807) is 11.3 Å². The second-order valence-electron chi connectivity index (χ2n) is 9.10. The van der Waals surface area contributed by atoms with E-state index in [-0.39, 0.29) is 5.41 Å². The van der Waals surface area contributed by atoms with Gasteiger partial charge in [0.25, 0.3) is 0 Å². The number of nitrogens with zero attached hydrogens (tertiary/aromatic N) is 3. The standard InChI is InChI=1S/C24H31N3O2S/c1-18-25-20(17-30-18)16-26-8-6-24(7-9-26)15-19(21-4-2-3-5-22(21)24)14-23(28)27-10-12-29-13-11-27/h2-5,17,19H,6-16H2,1H3/t19-/m1/s1. The molecule has 2 aromatic rings. The Labute approximate surface area is 183 Å². The molecule has 5 nitrogen and oxygen atoms in total. The number of rotatable bonds is 4. The SMILES string of the molecule is Cc1nc(CN2CCC3(CC2)C[C@@H](CC(=O)N2CCOCC2)c2ccccc23)cs1. The maximum atomic E-state index is 12.9. The molecule has 3 aliphatic rings. The van der Waals surface area contributed by atoms with Gasteiger partial charge >= 0.3 is 0 Å². The van der Waals surface area contributed by atoms with E-state index in [0.717, 1.165) is 44.2 Å². The van der Waals surface area contributed by atoms with Crippen molar-refractivity contribution in [2.45, 2.75) is 50.5 Å². The molecule has 160 valence electrons. The largest absolute Gasteiger partial charge is 0.378 e. The maximum absolute atomic E-state index is 12.9. The summed E-state index contributed by atoms with van der Waals surface area (Å²) in [6.45, 7) is 8.07. The number of benzene rings is 1. The van der Waals surface area contributed by atoms with Gasteiger partial charge in [-0.15, -0.1) is 11.3 Å². The summed E-state index contributed by atoms with van der Waals surface area (Å²) in [6.07, 6.45) is 4.11. The van der Waals surface area contributed by atoms with Gasteiger partial charge in [0.1, 0.15) is 0 Å². The van der Waals surface area contributed by atoms with E-state index in [1.807, 2.05) is 4.90 Å². The predicted molar refractivity (Wildman–Crippen MR) is 119 cm³/mol. The molecule has 1 atom stereocenters. The molecule has 0 bridgehead atoms. The van der Waals surface area contributed by atoms with E-state index in [9.17, 15) is 4.79 Å². The Balaban J connectivity index is 1.27. The van der Waals surface area contributed by atoms with Gasteiger partial charge in [-0.1, -0.05) is 24.3 Å². The van der Waals surface area contributed by atoms with Gasteiger partial charge in [-0.05, 0) is 61.7 Å². The van der Waals surface area contributed by atoms with Crippen LogP contribution in [0.3, 0.4) is 0 Å². The zero-order valence-corrected chi connectivity index (χ0v) is 18.6. The smallest absolute Gasteiger partial charge is 0.223 e. The Kier molecular flexibility index (Phi) is 5.65. The summed E-state index contributed by atoms with van der Waals surface area (Å²) in [6, 6.07) is 8.92. The number of ether oxygens (including phenoxy) is 1. The van der Waals surface area contributed by atoms with Crippen molar-refractivity contribution >= 4 is 17.2 Å². The Morgan fingerprint density at radius 1 is 1.20 bits per heavy atom. The molecular formula is C24H31N3O2S.